The van der Waals surface area contributed by atoms with Crippen molar-refractivity contribution < 1.29 is 8.78 Å². The molecule has 1 heterocycles. The van der Waals surface area contributed by atoms with Crippen molar-refractivity contribution in [2.45, 2.75) is 12.8 Å². The summed E-state index contributed by atoms with van der Waals surface area (Å²) in [4.78, 5) is 3.64. The number of hydrogen-bond acceptors (Lipinski definition) is 3. The summed E-state index contributed by atoms with van der Waals surface area (Å²) in [5.41, 5.74) is 5.18. The van der Waals surface area contributed by atoms with Gasteiger partial charge in [0.1, 0.15) is 10.4 Å². The Labute approximate surface area is 87.7 Å². The van der Waals surface area contributed by atoms with Crippen molar-refractivity contribution in [2.24, 2.45) is 0 Å². The van der Waals surface area contributed by atoms with Crippen molar-refractivity contribution in [1.29, 1.82) is 5.26 Å². The third-order valence-electron chi connectivity index (χ3n) is 1.63. The number of alkyl halides is 2. The maximum atomic E-state index is 12.5. The number of nitrogen functional groups attached to an aromatic ring is 1. The van der Waals surface area contributed by atoms with E-state index in [1.807, 2.05) is 0 Å². The molecule has 1 aromatic heterocycles. The predicted octanol–water partition coefficient (Wildman–Crippen LogP) is 2.43. The van der Waals surface area contributed by atoms with Crippen LogP contribution in [0.25, 0.3) is 0 Å². The Bertz CT molecular complexity index is 387. The highest BCUT2D eigenvalue weighted by Crippen LogP contribution is 2.29. The fourth-order valence-electron chi connectivity index (χ4n) is 1.08. The molecule has 0 saturated carbocycles. The average Bonchev–Trinajstić information content (AvgIpc) is 2.01. The summed E-state index contributed by atoms with van der Waals surface area (Å²) in [6.45, 7) is 0. The molecule has 0 aliphatic heterocycles. The zero-order chi connectivity index (χ0) is 10.7. The third kappa shape index (κ3) is 2.17. The third-order valence-corrected chi connectivity index (χ3v) is 2.04. The standard InChI is InChI=1S/C8H6BrF2N3/c9-5-3-4(1-2-12)6(7(10)11)8(13)14-5/h3,7H,1H2,(H2,13,14). The van der Waals surface area contributed by atoms with E-state index >= 15 is 0 Å². The minimum Gasteiger partial charge on any atom is -0.383 e. The van der Waals surface area contributed by atoms with Crippen LogP contribution in [0.4, 0.5) is 14.6 Å². The van der Waals surface area contributed by atoms with Gasteiger partial charge in [0.05, 0.1) is 18.1 Å². The highest BCUT2D eigenvalue weighted by Gasteiger charge is 2.18. The largest absolute Gasteiger partial charge is 0.383 e. The smallest absolute Gasteiger partial charge is 0.267 e. The van der Waals surface area contributed by atoms with Crippen LogP contribution in [-0.2, 0) is 6.42 Å². The van der Waals surface area contributed by atoms with Gasteiger partial charge in [0.25, 0.3) is 6.43 Å². The van der Waals surface area contributed by atoms with E-state index in [1.165, 1.54) is 6.07 Å². The maximum absolute atomic E-state index is 12.5. The quantitative estimate of drug-likeness (QED) is 0.832. The minimum absolute atomic E-state index is 0.106. The van der Waals surface area contributed by atoms with Crippen molar-refractivity contribution in [3.8, 4) is 6.07 Å². The van der Waals surface area contributed by atoms with Crippen LogP contribution >= 0.6 is 15.9 Å². The molecule has 0 aliphatic rings. The molecular formula is C8H6BrF2N3. The summed E-state index contributed by atoms with van der Waals surface area (Å²) in [5.74, 6) is -0.236. The van der Waals surface area contributed by atoms with Crippen LogP contribution < -0.4 is 5.73 Å². The number of hydrogen-bond donors (Lipinski definition) is 1. The van der Waals surface area contributed by atoms with E-state index < -0.39 is 6.43 Å². The highest BCUT2D eigenvalue weighted by molar-refractivity contribution is 9.10. The number of rotatable bonds is 2. The summed E-state index contributed by atoms with van der Waals surface area (Å²) in [7, 11) is 0. The highest BCUT2D eigenvalue weighted by atomic mass is 79.9. The van der Waals surface area contributed by atoms with E-state index in [4.69, 9.17) is 11.0 Å². The van der Waals surface area contributed by atoms with Crippen molar-refractivity contribution in [3.63, 3.8) is 0 Å². The lowest BCUT2D eigenvalue weighted by atomic mass is 10.1. The van der Waals surface area contributed by atoms with Crippen LogP contribution in [0.3, 0.4) is 0 Å². The molecule has 0 aromatic carbocycles. The van der Waals surface area contributed by atoms with Crippen LogP contribution in [-0.4, -0.2) is 4.98 Å². The second-order valence-electron chi connectivity index (χ2n) is 2.54. The lowest BCUT2D eigenvalue weighted by Crippen LogP contribution is -2.03. The first-order chi connectivity index (χ1) is 6.56. The molecule has 0 saturated heterocycles. The molecule has 74 valence electrons. The van der Waals surface area contributed by atoms with E-state index in [0.29, 0.717) is 4.60 Å². The molecule has 1 rings (SSSR count). The zero-order valence-electron chi connectivity index (χ0n) is 6.97. The molecule has 14 heavy (non-hydrogen) atoms. The van der Waals surface area contributed by atoms with Crippen LogP contribution in [0.1, 0.15) is 17.6 Å². The molecule has 6 heteroatoms. The van der Waals surface area contributed by atoms with E-state index in [9.17, 15) is 8.78 Å². The molecule has 0 amide bonds. The Balaban J connectivity index is 3.30. The van der Waals surface area contributed by atoms with Crippen molar-refractivity contribution in [2.75, 3.05) is 5.73 Å². The number of nitriles is 1. The molecule has 0 fully saturated rings. The number of anilines is 1. The Morgan fingerprint density at radius 3 is 2.79 bits per heavy atom. The molecule has 0 atom stereocenters. The van der Waals surface area contributed by atoms with Crippen molar-refractivity contribution in [3.05, 3.63) is 21.8 Å². The van der Waals surface area contributed by atoms with E-state index in [-0.39, 0.29) is 23.4 Å². The summed E-state index contributed by atoms with van der Waals surface area (Å²) >= 11 is 3.02. The summed E-state index contributed by atoms with van der Waals surface area (Å²) in [5, 5.41) is 8.44. The second kappa shape index (κ2) is 4.33. The topological polar surface area (TPSA) is 62.7 Å². The van der Waals surface area contributed by atoms with Gasteiger partial charge in [0, 0.05) is 0 Å². The SMILES string of the molecule is N#CCc1cc(Br)nc(N)c1C(F)F. The molecular weight excluding hydrogens is 256 g/mol. The summed E-state index contributed by atoms with van der Waals surface area (Å²) in [6.07, 6.45) is -2.82. The van der Waals surface area contributed by atoms with Gasteiger partial charge in [-0.25, -0.2) is 13.8 Å². The molecule has 0 bridgehead atoms. The van der Waals surface area contributed by atoms with Gasteiger partial charge < -0.3 is 5.73 Å². The van der Waals surface area contributed by atoms with Gasteiger partial charge in [-0.15, -0.1) is 0 Å². The van der Waals surface area contributed by atoms with E-state index in [2.05, 4.69) is 20.9 Å². The van der Waals surface area contributed by atoms with Crippen molar-refractivity contribution in [1.82, 2.24) is 4.98 Å². The lowest BCUT2D eigenvalue weighted by Gasteiger charge is -2.08. The number of nitrogens with two attached hydrogens (primary N) is 1. The van der Waals surface area contributed by atoms with Gasteiger partial charge in [0.2, 0.25) is 0 Å². The number of nitrogens with zero attached hydrogens (tertiary/aromatic N) is 2. The normalized spacial score (nSPS) is 10.2. The summed E-state index contributed by atoms with van der Waals surface area (Å²) in [6, 6.07) is 3.17. The average molecular weight is 262 g/mol. The zero-order valence-corrected chi connectivity index (χ0v) is 8.55. The molecule has 3 nitrogen and oxygen atoms in total. The predicted molar refractivity (Wildman–Crippen MR) is 50.6 cm³/mol. The number of pyridine rings is 1. The summed E-state index contributed by atoms with van der Waals surface area (Å²) < 4.78 is 25.3. The van der Waals surface area contributed by atoms with Crippen molar-refractivity contribution >= 4 is 21.7 Å². The first-order valence-corrected chi connectivity index (χ1v) is 4.45. The maximum Gasteiger partial charge on any atom is 0.267 e. The van der Waals surface area contributed by atoms with Gasteiger partial charge in [-0.1, -0.05) is 0 Å². The fourth-order valence-corrected chi connectivity index (χ4v) is 1.54. The molecule has 1 aromatic rings. The van der Waals surface area contributed by atoms with Gasteiger partial charge >= 0.3 is 0 Å². The van der Waals surface area contributed by atoms with Crippen LogP contribution in [0.15, 0.2) is 10.7 Å². The first-order valence-electron chi connectivity index (χ1n) is 3.66. The first kappa shape index (κ1) is 10.9. The Kier molecular flexibility index (Phi) is 3.36. The number of aromatic nitrogens is 1. The minimum atomic E-state index is -2.71. The Morgan fingerprint density at radius 2 is 2.29 bits per heavy atom. The fraction of sp³-hybridized carbons (Fsp3) is 0.250. The molecule has 0 unspecified atom stereocenters. The van der Waals surface area contributed by atoms with Gasteiger partial charge in [-0.2, -0.15) is 5.26 Å². The van der Waals surface area contributed by atoms with E-state index in [0.717, 1.165) is 0 Å². The Morgan fingerprint density at radius 1 is 1.64 bits per heavy atom. The number of halogens is 3. The Hall–Kier alpha value is -1.22. The van der Waals surface area contributed by atoms with Gasteiger partial charge in [-0.3, -0.25) is 0 Å². The second-order valence-corrected chi connectivity index (χ2v) is 3.35. The lowest BCUT2D eigenvalue weighted by molar-refractivity contribution is 0.151. The van der Waals surface area contributed by atoms with Crippen LogP contribution in [0.2, 0.25) is 0 Å². The van der Waals surface area contributed by atoms with Gasteiger partial charge in [-0.05, 0) is 27.6 Å². The molecule has 0 aliphatic carbocycles. The molecule has 0 radical (unpaired) electrons. The van der Waals surface area contributed by atoms with E-state index in [1.54, 1.807) is 6.07 Å². The van der Waals surface area contributed by atoms with Crippen LogP contribution in [0, 0.1) is 11.3 Å². The van der Waals surface area contributed by atoms with Crippen LogP contribution in [0.5, 0.6) is 0 Å². The van der Waals surface area contributed by atoms with Gasteiger partial charge in [0.15, 0.2) is 0 Å². The molecule has 0 spiro atoms. The molecule has 2 N–H and O–H groups in total. The monoisotopic (exact) mass is 261 g/mol.